The molecule has 3 aromatic rings. The van der Waals surface area contributed by atoms with Gasteiger partial charge in [-0.25, -0.2) is 9.38 Å². The average Bonchev–Trinajstić information content (AvgIpc) is 3.34. The van der Waals surface area contributed by atoms with Crippen molar-refractivity contribution in [1.29, 1.82) is 0 Å². The van der Waals surface area contributed by atoms with Crippen LogP contribution >= 0.6 is 11.8 Å². The van der Waals surface area contributed by atoms with Gasteiger partial charge in [0.15, 0.2) is 0 Å². The third-order valence-electron chi connectivity index (χ3n) is 4.48. The number of nitrogens with zero attached hydrogens (tertiary/aromatic N) is 2. The van der Waals surface area contributed by atoms with Gasteiger partial charge in [0.2, 0.25) is 5.90 Å². The van der Waals surface area contributed by atoms with Crippen LogP contribution in [0.25, 0.3) is 0 Å². The summed E-state index contributed by atoms with van der Waals surface area (Å²) in [5, 5.41) is 0. The second-order valence-corrected chi connectivity index (χ2v) is 7.54. The molecular weight excluding hydrogens is 359 g/mol. The Morgan fingerprint density at radius 1 is 1.04 bits per heavy atom. The van der Waals surface area contributed by atoms with E-state index in [4.69, 9.17) is 9.73 Å². The zero-order chi connectivity index (χ0) is 18.5. The minimum absolute atomic E-state index is 0.158. The Morgan fingerprint density at radius 2 is 1.85 bits per heavy atom. The number of hydrogen-bond donors (Lipinski definition) is 0. The number of thioether (sulfide) groups is 1. The molecule has 0 radical (unpaired) electrons. The van der Waals surface area contributed by atoms with Crippen LogP contribution in [-0.4, -0.2) is 28.9 Å². The Hall–Kier alpha value is -2.53. The van der Waals surface area contributed by atoms with Gasteiger partial charge in [-0.3, -0.25) is 0 Å². The van der Waals surface area contributed by atoms with E-state index in [2.05, 4.69) is 24.3 Å². The maximum absolute atomic E-state index is 14.0. The molecule has 0 saturated carbocycles. The molecule has 1 atom stereocenters. The van der Waals surface area contributed by atoms with E-state index >= 15 is 0 Å². The lowest BCUT2D eigenvalue weighted by molar-refractivity contribution is 0.323. The van der Waals surface area contributed by atoms with Gasteiger partial charge in [0.1, 0.15) is 18.1 Å². The lowest BCUT2D eigenvalue weighted by atomic mass is 10.2. The maximum atomic E-state index is 14.0. The predicted octanol–water partition coefficient (Wildman–Crippen LogP) is 4.75. The summed E-state index contributed by atoms with van der Waals surface area (Å²) in [5.74, 6) is 2.36. The minimum Gasteiger partial charge on any atom is -0.474 e. The second kappa shape index (κ2) is 8.44. The van der Waals surface area contributed by atoms with E-state index in [-0.39, 0.29) is 11.9 Å². The summed E-state index contributed by atoms with van der Waals surface area (Å²) in [6, 6.07) is 21.4. The first kappa shape index (κ1) is 17.9. The number of halogens is 1. The molecule has 1 aliphatic heterocycles. The number of rotatable bonds is 7. The van der Waals surface area contributed by atoms with Gasteiger partial charge in [0, 0.05) is 23.3 Å². The fraction of sp³-hybridized carbons (Fsp3) is 0.227. The summed E-state index contributed by atoms with van der Waals surface area (Å²) >= 11 is 1.87. The van der Waals surface area contributed by atoms with Crippen LogP contribution in [0.1, 0.15) is 16.8 Å². The minimum atomic E-state index is -0.193. The third-order valence-corrected chi connectivity index (χ3v) is 5.64. The fourth-order valence-corrected chi connectivity index (χ4v) is 4.07. The van der Waals surface area contributed by atoms with Gasteiger partial charge in [-0.2, -0.15) is 11.8 Å². The highest BCUT2D eigenvalue weighted by Gasteiger charge is 2.22. The van der Waals surface area contributed by atoms with E-state index in [1.54, 1.807) is 12.1 Å². The van der Waals surface area contributed by atoms with Crippen LogP contribution in [0.2, 0.25) is 0 Å². The van der Waals surface area contributed by atoms with Crippen LogP contribution in [0.15, 0.2) is 77.9 Å². The molecule has 0 amide bonds. The molecule has 0 spiro atoms. The van der Waals surface area contributed by atoms with E-state index in [1.165, 1.54) is 11.6 Å². The summed E-state index contributed by atoms with van der Waals surface area (Å²) in [6.45, 7) is 1.06. The van der Waals surface area contributed by atoms with E-state index in [0.29, 0.717) is 24.6 Å². The van der Waals surface area contributed by atoms with E-state index in [9.17, 15) is 4.39 Å². The summed E-state index contributed by atoms with van der Waals surface area (Å²) < 4.78 is 21.8. The van der Waals surface area contributed by atoms with Gasteiger partial charge < -0.3 is 9.30 Å². The van der Waals surface area contributed by atoms with Crippen molar-refractivity contribution >= 4 is 17.7 Å². The van der Waals surface area contributed by atoms with Crippen molar-refractivity contribution in [3.05, 3.63) is 95.6 Å². The van der Waals surface area contributed by atoms with Gasteiger partial charge in [-0.05, 0) is 23.8 Å². The van der Waals surface area contributed by atoms with Crippen molar-refractivity contribution in [2.75, 3.05) is 12.4 Å². The highest BCUT2D eigenvalue weighted by atomic mass is 32.2. The molecule has 27 heavy (non-hydrogen) atoms. The Morgan fingerprint density at radius 3 is 2.70 bits per heavy atom. The predicted molar refractivity (Wildman–Crippen MR) is 109 cm³/mol. The maximum Gasteiger partial charge on any atom is 0.233 e. The molecule has 3 nitrogen and oxygen atoms in total. The number of aromatic nitrogens is 1. The Bertz CT molecular complexity index is 923. The number of ether oxygens (including phenoxy) is 1. The second-order valence-electron chi connectivity index (χ2n) is 6.51. The monoisotopic (exact) mass is 380 g/mol. The van der Waals surface area contributed by atoms with Crippen molar-refractivity contribution in [2.45, 2.75) is 18.3 Å². The van der Waals surface area contributed by atoms with Gasteiger partial charge in [0.05, 0.1) is 12.6 Å². The average molecular weight is 380 g/mol. The molecule has 0 saturated heterocycles. The van der Waals surface area contributed by atoms with E-state index < -0.39 is 0 Å². The first-order valence-electron chi connectivity index (χ1n) is 9.01. The van der Waals surface area contributed by atoms with Gasteiger partial charge >= 0.3 is 0 Å². The topological polar surface area (TPSA) is 26.5 Å². The van der Waals surface area contributed by atoms with E-state index in [0.717, 1.165) is 17.2 Å². The van der Waals surface area contributed by atoms with Gasteiger partial charge in [0.25, 0.3) is 0 Å². The smallest absolute Gasteiger partial charge is 0.233 e. The van der Waals surface area contributed by atoms with Gasteiger partial charge in [-0.1, -0.05) is 48.5 Å². The van der Waals surface area contributed by atoms with Crippen LogP contribution in [0.5, 0.6) is 0 Å². The highest BCUT2D eigenvalue weighted by molar-refractivity contribution is 7.98. The van der Waals surface area contributed by atoms with E-state index in [1.807, 2.05) is 46.8 Å². The Kier molecular flexibility index (Phi) is 5.58. The van der Waals surface area contributed by atoms with Crippen molar-refractivity contribution in [3.63, 3.8) is 0 Å². The summed E-state index contributed by atoms with van der Waals surface area (Å²) in [5.41, 5.74) is 2.88. The zero-order valence-electron chi connectivity index (χ0n) is 14.9. The SMILES string of the molecule is Fc1ccccc1Cn1cccc1C1=NC(CSCc2ccccc2)CO1. The molecule has 0 fully saturated rings. The summed E-state index contributed by atoms with van der Waals surface area (Å²) in [4.78, 5) is 4.75. The zero-order valence-corrected chi connectivity index (χ0v) is 15.7. The summed E-state index contributed by atoms with van der Waals surface area (Å²) in [6.07, 6.45) is 1.94. The first-order valence-corrected chi connectivity index (χ1v) is 10.2. The Balaban J connectivity index is 1.39. The number of hydrogen-bond acceptors (Lipinski definition) is 3. The highest BCUT2D eigenvalue weighted by Crippen LogP contribution is 2.20. The molecule has 138 valence electrons. The standard InChI is InChI=1S/C22H21FN2OS/c23-20-10-5-4-9-18(20)13-25-12-6-11-21(25)22-24-19(14-26-22)16-27-15-17-7-2-1-3-8-17/h1-12,19H,13-16H2. The van der Waals surface area contributed by atoms with Crippen LogP contribution in [0, 0.1) is 5.82 Å². The summed E-state index contributed by atoms with van der Waals surface area (Å²) in [7, 11) is 0. The molecule has 0 bridgehead atoms. The molecule has 5 heteroatoms. The molecule has 2 aromatic carbocycles. The lowest BCUT2D eigenvalue weighted by Gasteiger charge is -2.09. The molecule has 0 aliphatic carbocycles. The molecule has 0 N–H and O–H groups in total. The van der Waals surface area contributed by atoms with Crippen LogP contribution in [0.4, 0.5) is 4.39 Å². The first-order chi connectivity index (χ1) is 13.3. The van der Waals surface area contributed by atoms with Crippen LogP contribution < -0.4 is 0 Å². The largest absolute Gasteiger partial charge is 0.474 e. The molecule has 4 rings (SSSR count). The number of benzene rings is 2. The van der Waals surface area contributed by atoms with Crippen molar-refractivity contribution in [1.82, 2.24) is 4.57 Å². The van der Waals surface area contributed by atoms with Crippen LogP contribution in [0.3, 0.4) is 0 Å². The van der Waals surface area contributed by atoms with Crippen molar-refractivity contribution in [3.8, 4) is 0 Å². The number of aliphatic imine (C=N–C) groups is 1. The Labute approximate surface area is 162 Å². The molecule has 1 aliphatic rings. The van der Waals surface area contributed by atoms with Crippen molar-refractivity contribution in [2.24, 2.45) is 4.99 Å². The molecule has 2 heterocycles. The lowest BCUT2D eigenvalue weighted by Crippen LogP contribution is -2.11. The molecular formula is C22H21FN2OS. The quantitative estimate of drug-likeness (QED) is 0.591. The van der Waals surface area contributed by atoms with Crippen LogP contribution in [-0.2, 0) is 17.0 Å². The van der Waals surface area contributed by atoms with Crippen molar-refractivity contribution < 1.29 is 9.13 Å². The van der Waals surface area contributed by atoms with Gasteiger partial charge in [-0.15, -0.1) is 0 Å². The fourth-order valence-electron chi connectivity index (χ4n) is 3.08. The molecule has 1 aromatic heterocycles. The normalized spacial score (nSPS) is 16.2. The molecule has 1 unspecified atom stereocenters. The third kappa shape index (κ3) is 4.42.